The van der Waals surface area contributed by atoms with Crippen LogP contribution in [0.2, 0.25) is 0 Å². The van der Waals surface area contributed by atoms with Crippen LogP contribution >= 0.6 is 11.3 Å². The molecule has 0 unspecified atom stereocenters. The fourth-order valence-electron chi connectivity index (χ4n) is 1.54. The lowest BCUT2D eigenvalue weighted by molar-refractivity contribution is 0.184. The molecule has 0 saturated heterocycles. The maximum absolute atomic E-state index is 5.13. The van der Waals surface area contributed by atoms with Crippen LogP contribution in [0.15, 0.2) is 0 Å². The number of hydrogen-bond acceptors (Lipinski definition) is 4. The van der Waals surface area contributed by atoms with Crippen molar-refractivity contribution in [3.8, 4) is 0 Å². The minimum atomic E-state index is 0.627. The van der Waals surface area contributed by atoms with Crippen molar-refractivity contribution in [2.24, 2.45) is 5.92 Å². The minimum absolute atomic E-state index is 0.627. The average Bonchev–Trinajstić information content (AvgIpc) is 2.57. The fraction of sp³-hybridized carbons (Fsp3) is 0.750. The molecule has 0 radical (unpaired) electrons. The highest BCUT2D eigenvalue weighted by atomic mass is 32.1. The van der Waals surface area contributed by atoms with Crippen LogP contribution in [0.3, 0.4) is 0 Å². The number of nitrogens with zero attached hydrogens (tertiary/aromatic N) is 1. The van der Waals surface area contributed by atoms with Gasteiger partial charge in [-0.05, 0) is 18.9 Å². The highest BCUT2D eigenvalue weighted by molar-refractivity contribution is 7.11. The molecule has 1 aromatic heterocycles. The summed E-state index contributed by atoms with van der Waals surface area (Å²) < 4.78 is 5.13. The Morgan fingerprint density at radius 1 is 1.44 bits per heavy atom. The van der Waals surface area contributed by atoms with Gasteiger partial charge in [0.05, 0.1) is 12.3 Å². The summed E-state index contributed by atoms with van der Waals surface area (Å²) in [5.41, 5.74) is 1.24. The molecule has 1 rings (SSSR count). The van der Waals surface area contributed by atoms with E-state index in [0.717, 1.165) is 24.5 Å². The second-order valence-electron chi connectivity index (χ2n) is 4.29. The lowest BCUT2D eigenvalue weighted by Crippen LogP contribution is -2.12. The SMILES string of the molecule is CCNCc1sc(COC)nc1CC(C)C. The van der Waals surface area contributed by atoms with Gasteiger partial charge in [0.2, 0.25) is 0 Å². The first kappa shape index (κ1) is 13.6. The predicted molar refractivity (Wildman–Crippen MR) is 68.7 cm³/mol. The van der Waals surface area contributed by atoms with Crippen LogP contribution in [-0.4, -0.2) is 18.6 Å². The van der Waals surface area contributed by atoms with Gasteiger partial charge in [0.25, 0.3) is 0 Å². The fourth-order valence-corrected chi connectivity index (χ4v) is 2.58. The Morgan fingerprint density at radius 2 is 2.19 bits per heavy atom. The standard InChI is InChI=1S/C12H22N2OS/c1-5-13-7-11-10(6-9(2)3)14-12(16-11)8-15-4/h9,13H,5-8H2,1-4H3. The Labute approximate surface area is 102 Å². The van der Waals surface area contributed by atoms with Crippen LogP contribution in [0.1, 0.15) is 36.3 Å². The van der Waals surface area contributed by atoms with Crippen LogP contribution in [0.5, 0.6) is 0 Å². The molecule has 1 heterocycles. The summed E-state index contributed by atoms with van der Waals surface area (Å²) in [6, 6.07) is 0. The number of ether oxygens (including phenoxy) is 1. The summed E-state index contributed by atoms with van der Waals surface area (Å²) in [6.45, 7) is 9.14. The molecule has 1 aromatic rings. The van der Waals surface area contributed by atoms with Crippen LogP contribution in [0.4, 0.5) is 0 Å². The first-order chi connectivity index (χ1) is 7.67. The Balaban J connectivity index is 2.75. The monoisotopic (exact) mass is 242 g/mol. The van der Waals surface area contributed by atoms with E-state index in [9.17, 15) is 0 Å². The van der Waals surface area contributed by atoms with Gasteiger partial charge in [-0.25, -0.2) is 4.98 Å². The summed E-state index contributed by atoms with van der Waals surface area (Å²) in [5.74, 6) is 0.651. The minimum Gasteiger partial charge on any atom is -0.378 e. The van der Waals surface area contributed by atoms with Crippen molar-refractivity contribution in [3.05, 3.63) is 15.6 Å². The van der Waals surface area contributed by atoms with Crippen LogP contribution in [0, 0.1) is 5.92 Å². The summed E-state index contributed by atoms with van der Waals surface area (Å²) in [5, 5.41) is 4.45. The van der Waals surface area contributed by atoms with Crippen LogP contribution in [-0.2, 0) is 24.3 Å². The molecule has 1 N–H and O–H groups in total. The molecule has 92 valence electrons. The van der Waals surface area contributed by atoms with E-state index >= 15 is 0 Å². The maximum Gasteiger partial charge on any atom is 0.119 e. The van der Waals surface area contributed by atoms with Gasteiger partial charge < -0.3 is 10.1 Å². The molecule has 0 amide bonds. The van der Waals surface area contributed by atoms with E-state index in [-0.39, 0.29) is 0 Å². The molecule has 3 nitrogen and oxygen atoms in total. The van der Waals surface area contributed by atoms with E-state index in [1.807, 2.05) is 0 Å². The smallest absolute Gasteiger partial charge is 0.119 e. The summed E-state index contributed by atoms with van der Waals surface area (Å²) in [7, 11) is 1.72. The second-order valence-corrected chi connectivity index (χ2v) is 5.46. The van der Waals surface area contributed by atoms with Crippen LogP contribution in [0.25, 0.3) is 0 Å². The van der Waals surface area contributed by atoms with Gasteiger partial charge in [0, 0.05) is 18.5 Å². The third kappa shape index (κ3) is 4.20. The van der Waals surface area contributed by atoms with Crippen molar-refractivity contribution < 1.29 is 4.74 Å². The molecule has 0 atom stereocenters. The van der Waals surface area contributed by atoms with Crippen molar-refractivity contribution in [1.82, 2.24) is 10.3 Å². The van der Waals surface area contributed by atoms with E-state index in [4.69, 9.17) is 4.74 Å². The van der Waals surface area contributed by atoms with Gasteiger partial charge in [0.15, 0.2) is 0 Å². The Hall–Kier alpha value is -0.450. The van der Waals surface area contributed by atoms with Crippen LogP contribution < -0.4 is 5.32 Å². The van der Waals surface area contributed by atoms with Crippen molar-refractivity contribution in [2.75, 3.05) is 13.7 Å². The van der Waals surface area contributed by atoms with Gasteiger partial charge >= 0.3 is 0 Å². The number of aromatic nitrogens is 1. The Kier molecular flexibility index (Phi) is 5.95. The zero-order valence-electron chi connectivity index (χ0n) is 10.7. The number of hydrogen-bond donors (Lipinski definition) is 1. The van der Waals surface area contributed by atoms with E-state index in [2.05, 4.69) is 31.1 Å². The van der Waals surface area contributed by atoms with Crippen molar-refractivity contribution in [3.63, 3.8) is 0 Å². The topological polar surface area (TPSA) is 34.1 Å². The second kappa shape index (κ2) is 6.99. The van der Waals surface area contributed by atoms with E-state index < -0.39 is 0 Å². The van der Waals surface area contributed by atoms with Crippen molar-refractivity contribution in [1.29, 1.82) is 0 Å². The number of rotatable bonds is 7. The van der Waals surface area contributed by atoms with Gasteiger partial charge in [-0.3, -0.25) is 0 Å². The highest BCUT2D eigenvalue weighted by Gasteiger charge is 2.11. The molecule has 16 heavy (non-hydrogen) atoms. The van der Waals surface area contributed by atoms with E-state index in [0.29, 0.717) is 12.5 Å². The largest absolute Gasteiger partial charge is 0.378 e. The zero-order valence-corrected chi connectivity index (χ0v) is 11.5. The number of thiazole rings is 1. The first-order valence-electron chi connectivity index (χ1n) is 5.84. The zero-order chi connectivity index (χ0) is 12.0. The molecule has 0 fully saturated rings. The molecule has 0 aromatic carbocycles. The molecule has 0 aliphatic carbocycles. The van der Waals surface area contributed by atoms with E-state index in [1.54, 1.807) is 18.4 Å². The summed E-state index contributed by atoms with van der Waals surface area (Å²) >= 11 is 1.77. The lowest BCUT2D eigenvalue weighted by Gasteiger charge is -2.04. The number of methoxy groups -OCH3 is 1. The molecule has 0 spiro atoms. The summed E-state index contributed by atoms with van der Waals surface area (Å²) in [6.07, 6.45) is 1.06. The molecule has 0 aliphatic heterocycles. The Morgan fingerprint density at radius 3 is 2.75 bits per heavy atom. The first-order valence-corrected chi connectivity index (χ1v) is 6.66. The van der Waals surface area contributed by atoms with Gasteiger partial charge in [-0.2, -0.15) is 0 Å². The molecule has 0 saturated carbocycles. The molecule has 0 aliphatic rings. The molecular weight excluding hydrogens is 220 g/mol. The van der Waals surface area contributed by atoms with Crippen molar-refractivity contribution >= 4 is 11.3 Å². The summed E-state index contributed by atoms with van der Waals surface area (Å²) in [4.78, 5) is 6.01. The molecule has 0 bridgehead atoms. The molecular formula is C12H22N2OS. The quantitative estimate of drug-likeness (QED) is 0.798. The van der Waals surface area contributed by atoms with Gasteiger partial charge in [-0.1, -0.05) is 20.8 Å². The lowest BCUT2D eigenvalue weighted by atomic mass is 10.1. The maximum atomic E-state index is 5.13. The third-order valence-corrected chi connectivity index (χ3v) is 3.30. The average molecular weight is 242 g/mol. The highest BCUT2D eigenvalue weighted by Crippen LogP contribution is 2.21. The molecule has 4 heteroatoms. The van der Waals surface area contributed by atoms with Crippen molar-refractivity contribution in [2.45, 2.75) is 40.3 Å². The normalized spacial score (nSPS) is 11.3. The third-order valence-electron chi connectivity index (χ3n) is 2.23. The number of nitrogens with one attached hydrogen (secondary N) is 1. The van der Waals surface area contributed by atoms with Gasteiger partial charge in [-0.15, -0.1) is 11.3 Å². The Bertz CT molecular complexity index is 310. The van der Waals surface area contributed by atoms with E-state index in [1.165, 1.54) is 10.6 Å². The van der Waals surface area contributed by atoms with Gasteiger partial charge in [0.1, 0.15) is 5.01 Å². The predicted octanol–water partition coefficient (Wildman–Crippen LogP) is 2.60.